The molecular weight excluding hydrogens is 376 g/mol. The van der Waals surface area contributed by atoms with Crippen molar-refractivity contribution < 1.29 is 14.3 Å². The summed E-state index contributed by atoms with van der Waals surface area (Å²) in [6, 6.07) is 7.50. The Bertz CT molecular complexity index is 918. The number of allylic oxidation sites excluding steroid dienone is 3. The zero-order valence-electron chi connectivity index (χ0n) is 18.2. The summed E-state index contributed by atoms with van der Waals surface area (Å²) in [5, 5.41) is 3.40. The van der Waals surface area contributed by atoms with Crippen LogP contribution in [-0.4, -0.2) is 17.9 Å². The number of ether oxygens (including phenoxy) is 1. The first kappa shape index (κ1) is 20.7. The van der Waals surface area contributed by atoms with Crippen molar-refractivity contribution in [3.05, 3.63) is 52.4 Å². The lowest BCUT2D eigenvalue weighted by Gasteiger charge is -2.39. The van der Waals surface area contributed by atoms with Crippen molar-refractivity contribution in [3.63, 3.8) is 0 Å². The molecule has 160 valence electrons. The molecule has 1 aliphatic heterocycles. The van der Waals surface area contributed by atoms with Gasteiger partial charge >= 0.3 is 5.97 Å². The fourth-order valence-corrected chi connectivity index (χ4v) is 5.13. The molecule has 3 aliphatic rings. The topological polar surface area (TPSA) is 81.4 Å². The number of esters is 1. The summed E-state index contributed by atoms with van der Waals surface area (Å²) in [5.74, 6) is -0.620. The molecule has 1 fully saturated rings. The lowest BCUT2D eigenvalue weighted by Crippen LogP contribution is -2.39. The van der Waals surface area contributed by atoms with Gasteiger partial charge in [-0.3, -0.25) is 4.79 Å². The molecule has 4 rings (SSSR count). The third-order valence-corrected chi connectivity index (χ3v) is 6.56. The van der Waals surface area contributed by atoms with E-state index in [2.05, 4.69) is 19.2 Å². The van der Waals surface area contributed by atoms with Crippen LogP contribution in [0.15, 0.2) is 46.8 Å². The monoisotopic (exact) mass is 408 g/mol. The molecule has 1 atom stereocenters. The number of ketones is 1. The minimum Gasteiger partial charge on any atom is -0.459 e. The van der Waals surface area contributed by atoms with Crippen LogP contribution in [-0.2, 0) is 14.3 Å². The van der Waals surface area contributed by atoms with Gasteiger partial charge in [-0.25, -0.2) is 4.79 Å². The lowest BCUT2D eigenvalue weighted by molar-refractivity contribution is -0.146. The molecule has 1 unspecified atom stereocenters. The van der Waals surface area contributed by atoms with Crippen LogP contribution >= 0.6 is 0 Å². The van der Waals surface area contributed by atoms with Crippen LogP contribution in [0.2, 0.25) is 0 Å². The van der Waals surface area contributed by atoms with E-state index in [-0.39, 0.29) is 23.3 Å². The Morgan fingerprint density at radius 2 is 1.77 bits per heavy atom. The molecule has 0 radical (unpaired) electrons. The number of carbonyl (C=O) groups excluding carboxylic acids is 2. The highest BCUT2D eigenvalue weighted by molar-refractivity contribution is 6.04. The van der Waals surface area contributed by atoms with Gasteiger partial charge in [0.1, 0.15) is 6.10 Å². The molecule has 0 aromatic heterocycles. The van der Waals surface area contributed by atoms with E-state index < -0.39 is 5.92 Å². The smallest absolute Gasteiger partial charge is 0.337 e. The Labute approximate surface area is 178 Å². The van der Waals surface area contributed by atoms with Gasteiger partial charge in [-0.05, 0) is 62.1 Å². The highest BCUT2D eigenvalue weighted by atomic mass is 16.5. The van der Waals surface area contributed by atoms with Gasteiger partial charge in [0.05, 0.1) is 5.57 Å². The molecule has 2 aliphatic carbocycles. The number of hydrogen-bond donors (Lipinski definition) is 2. The summed E-state index contributed by atoms with van der Waals surface area (Å²) >= 11 is 0. The molecule has 1 saturated carbocycles. The molecule has 0 amide bonds. The number of anilines is 1. The lowest BCUT2D eigenvalue weighted by atomic mass is 9.68. The van der Waals surface area contributed by atoms with E-state index in [0.29, 0.717) is 23.3 Å². The second-order valence-electron chi connectivity index (χ2n) is 9.76. The van der Waals surface area contributed by atoms with Gasteiger partial charge in [0.15, 0.2) is 5.78 Å². The van der Waals surface area contributed by atoms with Gasteiger partial charge in [0.25, 0.3) is 0 Å². The van der Waals surface area contributed by atoms with Crippen LogP contribution in [0.3, 0.4) is 0 Å². The number of benzene rings is 1. The largest absolute Gasteiger partial charge is 0.459 e. The van der Waals surface area contributed by atoms with Crippen molar-refractivity contribution in [3.8, 4) is 0 Å². The Balaban J connectivity index is 1.75. The second-order valence-corrected chi connectivity index (χ2v) is 9.76. The fraction of sp³-hybridized carbons (Fsp3) is 0.520. The third kappa shape index (κ3) is 4.03. The number of hydrogen-bond acceptors (Lipinski definition) is 5. The van der Waals surface area contributed by atoms with Gasteiger partial charge in [-0.15, -0.1) is 0 Å². The van der Waals surface area contributed by atoms with E-state index >= 15 is 0 Å². The molecule has 30 heavy (non-hydrogen) atoms. The van der Waals surface area contributed by atoms with Crippen LogP contribution < -0.4 is 11.1 Å². The summed E-state index contributed by atoms with van der Waals surface area (Å²) < 4.78 is 5.94. The Morgan fingerprint density at radius 1 is 1.10 bits per heavy atom. The molecule has 0 saturated heterocycles. The average molecular weight is 409 g/mol. The van der Waals surface area contributed by atoms with Crippen molar-refractivity contribution in [1.29, 1.82) is 0 Å². The molecule has 5 heteroatoms. The highest BCUT2D eigenvalue weighted by Gasteiger charge is 2.43. The van der Waals surface area contributed by atoms with Crippen molar-refractivity contribution >= 4 is 17.4 Å². The van der Waals surface area contributed by atoms with Crippen LogP contribution in [0.25, 0.3) is 0 Å². The summed E-state index contributed by atoms with van der Waals surface area (Å²) in [5.41, 5.74) is 10.3. The quantitative estimate of drug-likeness (QED) is 0.557. The summed E-state index contributed by atoms with van der Waals surface area (Å²) in [4.78, 5) is 26.6. The SMILES string of the molecule is CC1=C(C(=O)OC2CCCCC2)C(c2ccc(N)cc2)C2=C(CC(C)(C)CC2=O)N1. The van der Waals surface area contributed by atoms with Crippen molar-refractivity contribution in [1.82, 2.24) is 5.32 Å². The van der Waals surface area contributed by atoms with Gasteiger partial charge in [0, 0.05) is 35.0 Å². The second kappa shape index (κ2) is 7.93. The molecule has 0 bridgehead atoms. The normalized spacial score (nSPS) is 24.4. The van der Waals surface area contributed by atoms with E-state index in [1.54, 1.807) is 0 Å². The number of Topliss-reactive ketones (excluding diaryl/α,β-unsaturated/α-hetero) is 1. The molecule has 1 aromatic carbocycles. The summed E-state index contributed by atoms with van der Waals surface area (Å²) in [6.07, 6.45) is 6.45. The number of nitrogens with one attached hydrogen (secondary N) is 1. The minimum atomic E-state index is -0.415. The molecule has 1 aromatic rings. The average Bonchev–Trinajstić information content (AvgIpc) is 2.67. The van der Waals surface area contributed by atoms with E-state index in [1.807, 2.05) is 31.2 Å². The minimum absolute atomic E-state index is 0.0324. The van der Waals surface area contributed by atoms with Gasteiger partial charge in [-0.2, -0.15) is 0 Å². The molecule has 0 spiro atoms. The number of nitrogen functional groups attached to an aromatic ring is 1. The number of rotatable bonds is 3. The van der Waals surface area contributed by atoms with E-state index in [4.69, 9.17) is 10.5 Å². The number of carbonyl (C=O) groups is 2. The van der Waals surface area contributed by atoms with Crippen LogP contribution in [0.1, 0.15) is 77.2 Å². The molecule has 3 N–H and O–H groups in total. The predicted octanol–water partition coefficient (Wildman–Crippen LogP) is 4.75. The van der Waals surface area contributed by atoms with Gasteiger partial charge in [-0.1, -0.05) is 32.4 Å². The van der Waals surface area contributed by atoms with E-state index in [9.17, 15) is 9.59 Å². The van der Waals surface area contributed by atoms with E-state index in [1.165, 1.54) is 6.42 Å². The first-order valence-electron chi connectivity index (χ1n) is 11.1. The first-order chi connectivity index (χ1) is 14.2. The zero-order chi connectivity index (χ0) is 21.5. The Hall–Kier alpha value is -2.56. The van der Waals surface area contributed by atoms with E-state index in [0.717, 1.165) is 49.1 Å². The van der Waals surface area contributed by atoms with Crippen LogP contribution in [0.4, 0.5) is 5.69 Å². The Morgan fingerprint density at radius 3 is 2.43 bits per heavy atom. The van der Waals surface area contributed by atoms with Crippen molar-refractivity contribution in [2.24, 2.45) is 5.41 Å². The molecule has 1 heterocycles. The van der Waals surface area contributed by atoms with Gasteiger partial charge in [0.2, 0.25) is 0 Å². The zero-order valence-corrected chi connectivity index (χ0v) is 18.2. The summed E-state index contributed by atoms with van der Waals surface area (Å²) in [6.45, 7) is 6.14. The van der Waals surface area contributed by atoms with Crippen molar-refractivity contribution in [2.75, 3.05) is 5.73 Å². The first-order valence-corrected chi connectivity index (χ1v) is 11.1. The predicted molar refractivity (Wildman–Crippen MR) is 117 cm³/mol. The highest BCUT2D eigenvalue weighted by Crippen LogP contribution is 2.47. The number of nitrogens with two attached hydrogens (primary N) is 1. The van der Waals surface area contributed by atoms with Crippen molar-refractivity contribution in [2.45, 2.75) is 77.7 Å². The number of dihydropyridines is 1. The maximum absolute atomic E-state index is 13.4. The maximum atomic E-state index is 13.4. The molecule has 5 nitrogen and oxygen atoms in total. The van der Waals surface area contributed by atoms with Crippen LogP contribution in [0.5, 0.6) is 0 Å². The maximum Gasteiger partial charge on any atom is 0.337 e. The standard InChI is InChI=1S/C25H32N2O3/c1-15-21(24(29)30-18-7-5-4-6-8-18)22(16-9-11-17(26)12-10-16)23-19(27-15)13-25(2,3)14-20(23)28/h9-12,18,22,27H,4-8,13-14,26H2,1-3H3. The Kier molecular flexibility index (Phi) is 5.48. The third-order valence-electron chi connectivity index (χ3n) is 6.56. The van der Waals surface area contributed by atoms with Crippen LogP contribution in [0, 0.1) is 5.41 Å². The van der Waals surface area contributed by atoms with Gasteiger partial charge < -0.3 is 15.8 Å². The fourth-order valence-electron chi connectivity index (χ4n) is 5.13. The summed E-state index contributed by atoms with van der Waals surface area (Å²) in [7, 11) is 0. The molecular formula is C25H32N2O3.